The van der Waals surface area contributed by atoms with Crippen molar-refractivity contribution < 1.29 is 9.13 Å². The minimum Gasteiger partial charge on any atom is -0.382 e. The van der Waals surface area contributed by atoms with Gasteiger partial charge in [-0.15, -0.1) is 0 Å². The maximum Gasteiger partial charge on any atom is 0.126 e. The van der Waals surface area contributed by atoms with Crippen molar-refractivity contribution in [2.75, 3.05) is 7.11 Å². The highest BCUT2D eigenvalue weighted by molar-refractivity contribution is 5.26. The summed E-state index contributed by atoms with van der Waals surface area (Å²) in [6, 6.07) is 0. The van der Waals surface area contributed by atoms with Crippen LogP contribution in [0.4, 0.5) is 4.39 Å². The van der Waals surface area contributed by atoms with Gasteiger partial charge in [-0.2, -0.15) is 0 Å². The first-order valence-corrected chi connectivity index (χ1v) is 8.03. The summed E-state index contributed by atoms with van der Waals surface area (Å²) in [5.41, 5.74) is 0.586. The fraction of sp³-hybridized carbons (Fsp3) is 0.684. The molecule has 4 unspecified atom stereocenters. The molecule has 0 aromatic rings. The summed E-state index contributed by atoms with van der Waals surface area (Å²) in [6.07, 6.45) is 7.53. The van der Waals surface area contributed by atoms with Crippen molar-refractivity contribution in [1.82, 2.24) is 0 Å². The van der Waals surface area contributed by atoms with E-state index in [2.05, 4.69) is 33.9 Å². The van der Waals surface area contributed by atoms with Crippen molar-refractivity contribution in [3.05, 3.63) is 36.7 Å². The highest BCUT2D eigenvalue weighted by Crippen LogP contribution is 2.28. The van der Waals surface area contributed by atoms with Gasteiger partial charge in [0.2, 0.25) is 0 Å². The number of ether oxygens (including phenoxy) is 1. The second kappa shape index (κ2) is 10.8. The summed E-state index contributed by atoms with van der Waals surface area (Å²) in [5.74, 6) is 1.23. The predicted octanol–water partition coefficient (Wildman–Crippen LogP) is 6.09. The lowest BCUT2D eigenvalue weighted by Gasteiger charge is -2.23. The summed E-state index contributed by atoms with van der Waals surface area (Å²) in [4.78, 5) is 0. The maximum absolute atomic E-state index is 13.7. The van der Waals surface area contributed by atoms with E-state index in [0.717, 1.165) is 19.3 Å². The van der Waals surface area contributed by atoms with Gasteiger partial charge in [-0.05, 0) is 62.0 Å². The Bertz CT molecular complexity index is 345. The van der Waals surface area contributed by atoms with Crippen LogP contribution in [0.25, 0.3) is 0 Å². The molecule has 0 radical (unpaired) electrons. The summed E-state index contributed by atoms with van der Waals surface area (Å²) in [6.45, 7) is 16.1. The van der Waals surface area contributed by atoms with Crippen LogP contribution in [-0.2, 0) is 4.74 Å². The fourth-order valence-electron chi connectivity index (χ4n) is 2.32. The Hall–Kier alpha value is -0.890. The Kier molecular flexibility index (Phi) is 10.3. The van der Waals surface area contributed by atoms with Crippen LogP contribution in [0.2, 0.25) is 0 Å². The Morgan fingerprint density at radius 3 is 2.05 bits per heavy atom. The summed E-state index contributed by atoms with van der Waals surface area (Å²) < 4.78 is 18.9. The van der Waals surface area contributed by atoms with Crippen LogP contribution in [-0.4, -0.2) is 13.2 Å². The van der Waals surface area contributed by atoms with Gasteiger partial charge in [-0.3, -0.25) is 0 Å². The lowest BCUT2D eigenvalue weighted by Crippen LogP contribution is -2.13. The first-order valence-electron chi connectivity index (χ1n) is 8.03. The molecule has 4 atom stereocenters. The minimum atomic E-state index is -0.243. The van der Waals surface area contributed by atoms with Crippen LogP contribution >= 0.6 is 0 Å². The molecular formula is C19H33FO. The van der Waals surface area contributed by atoms with Gasteiger partial charge in [0, 0.05) is 7.11 Å². The molecule has 21 heavy (non-hydrogen) atoms. The van der Waals surface area contributed by atoms with Crippen LogP contribution in [0.15, 0.2) is 36.7 Å². The summed E-state index contributed by atoms with van der Waals surface area (Å²) in [7, 11) is 1.76. The predicted molar refractivity (Wildman–Crippen MR) is 91.0 cm³/mol. The molecule has 0 aliphatic carbocycles. The number of hydrogen-bond donors (Lipinski definition) is 0. The van der Waals surface area contributed by atoms with Gasteiger partial charge in [-0.1, -0.05) is 40.0 Å². The van der Waals surface area contributed by atoms with Gasteiger partial charge in [0.15, 0.2) is 0 Å². The third-order valence-electron chi connectivity index (χ3n) is 4.62. The zero-order valence-electron chi connectivity index (χ0n) is 14.5. The molecule has 0 aliphatic heterocycles. The molecule has 0 fully saturated rings. The highest BCUT2D eigenvalue weighted by Gasteiger charge is 2.17. The normalized spacial score (nSPS) is 17.9. The Balaban J connectivity index is 4.16. The van der Waals surface area contributed by atoms with Gasteiger partial charge in [0.05, 0.1) is 6.10 Å². The van der Waals surface area contributed by atoms with Crippen LogP contribution in [0.3, 0.4) is 0 Å². The van der Waals surface area contributed by atoms with E-state index in [9.17, 15) is 4.39 Å². The molecule has 0 aromatic carbocycles. The Labute approximate surface area is 131 Å². The maximum atomic E-state index is 13.7. The largest absolute Gasteiger partial charge is 0.382 e. The quantitative estimate of drug-likeness (QED) is 0.419. The van der Waals surface area contributed by atoms with Crippen molar-refractivity contribution >= 4 is 0 Å². The number of allylic oxidation sites excluding steroid dienone is 4. The van der Waals surface area contributed by atoms with Gasteiger partial charge in [-0.25, -0.2) is 4.39 Å². The first kappa shape index (κ1) is 20.1. The van der Waals surface area contributed by atoms with Gasteiger partial charge < -0.3 is 4.74 Å². The van der Waals surface area contributed by atoms with E-state index in [1.54, 1.807) is 7.11 Å². The summed E-state index contributed by atoms with van der Waals surface area (Å²) in [5, 5.41) is 0. The van der Waals surface area contributed by atoms with Crippen molar-refractivity contribution in [1.29, 1.82) is 0 Å². The SMILES string of the molecule is C=C/C=C(/F)C(=C)C(C)CCC(C)C(C)CCC(C)OC. The Morgan fingerprint density at radius 1 is 1.05 bits per heavy atom. The summed E-state index contributed by atoms with van der Waals surface area (Å²) >= 11 is 0. The average molecular weight is 296 g/mol. The van der Waals surface area contributed by atoms with E-state index in [0.29, 0.717) is 23.5 Å². The van der Waals surface area contributed by atoms with Crippen molar-refractivity contribution in [2.45, 2.75) is 59.5 Å². The van der Waals surface area contributed by atoms with E-state index < -0.39 is 0 Å². The minimum absolute atomic E-state index is 0.175. The van der Waals surface area contributed by atoms with E-state index >= 15 is 0 Å². The molecule has 0 bridgehead atoms. The van der Waals surface area contributed by atoms with Crippen LogP contribution < -0.4 is 0 Å². The lowest BCUT2D eigenvalue weighted by atomic mass is 9.84. The fourth-order valence-corrected chi connectivity index (χ4v) is 2.32. The smallest absolute Gasteiger partial charge is 0.126 e. The van der Waals surface area contributed by atoms with E-state index in [4.69, 9.17) is 4.74 Å². The molecule has 1 nitrogen and oxygen atoms in total. The molecule has 0 aliphatic rings. The zero-order chi connectivity index (χ0) is 16.4. The first-order chi connectivity index (χ1) is 9.83. The lowest BCUT2D eigenvalue weighted by molar-refractivity contribution is 0.101. The second-order valence-corrected chi connectivity index (χ2v) is 6.33. The van der Waals surface area contributed by atoms with Crippen LogP contribution in [0.1, 0.15) is 53.4 Å². The Morgan fingerprint density at radius 2 is 1.57 bits per heavy atom. The number of methoxy groups -OCH3 is 1. The van der Waals surface area contributed by atoms with Crippen molar-refractivity contribution in [2.24, 2.45) is 17.8 Å². The second-order valence-electron chi connectivity index (χ2n) is 6.33. The molecule has 122 valence electrons. The number of rotatable bonds is 11. The van der Waals surface area contributed by atoms with Crippen LogP contribution in [0.5, 0.6) is 0 Å². The van der Waals surface area contributed by atoms with Crippen molar-refractivity contribution in [3.8, 4) is 0 Å². The molecule has 0 saturated carbocycles. The third-order valence-corrected chi connectivity index (χ3v) is 4.62. The van der Waals surface area contributed by atoms with E-state index in [1.165, 1.54) is 18.6 Å². The zero-order valence-corrected chi connectivity index (χ0v) is 14.5. The molecule has 0 N–H and O–H groups in total. The molecule has 0 amide bonds. The molecule has 0 spiro atoms. The topological polar surface area (TPSA) is 9.23 Å². The van der Waals surface area contributed by atoms with Crippen molar-refractivity contribution in [3.63, 3.8) is 0 Å². The molecule has 0 heterocycles. The standard InChI is InChI=1S/C19H33FO/c1-8-9-19(20)18(6)16(4)11-10-14(2)15(3)12-13-17(5)21-7/h8-9,14-17H,1,6,10-13H2,2-5,7H3/b19-9+. The van der Waals surface area contributed by atoms with E-state index in [1.807, 2.05) is 6.92 Å². The van der Waals surface area contributed by atoms with E-state index in [-0.39, 0.29) is 11.7 Å². The third kappa shape index (κ3) is 8.21. The molecule has 0 aromatic heterocycles. The number of halogens is 1. The molecular weight excluding hydrogens is 263 g/mol. The molecule has 0 saturated heterocycles. The average Bonchev–Trinajstić information content (AvgIpc) is 2.48. The van der Waals surface area contributed by atoms with Gasteiger partial charge in [0.25, 0.3) is 0 Å². The molecule has 2 heteroatoms. The van der Waals surface area contributed by atoms with Gasteiger partial charge >= 0.3 is 0 Å². The monoisotopic (exact) mass is 296 g/mol. The molecule has 0 rings (SSSR count). The highest BCUT2D eigenvalue weighted by atomic mass is 19.1. The van der Waals surface area contributed by atoms with Gasteiger partial charge in [0.1, 0.15) is 5.83 Å². The number of hydrogen-bond acceptors (Lipinski definition) is 1. The van der Waals surface area contributed by atoms with Crippen LogP contribution in [0, 0.1) is 17.8 Å².